The molecule has 3 bridgehead atoms. The number of hydrogen-bond acceptors (Lipinski definition) is 10. The Kier molecular flexibility index (Phi) is 6.20. The first kappa shape index (κ1) is 29.9. The summed E-state index contributed by atoms with van der Waals surface area (Å²) in [5, 5.41) is 34.9. The Morgan fingerprint density at radius 1 is 1.04 bits per heavy atom. The summed E-state index contributed by atoms with van der Waals surface area (Å²) in [6.07, 6.45) is -0.138. The number of carbonyl (C=O) groups is 2. The summed E-state index contributed by atoms with van der Waals surface area (Å²) in [6, 6.07) is 18.3. The molecule has 3 aliphatic heterocycles. The zero-order valence-electron chi connectivity index (χ0n) is 25.7. The molecule has 12 atom stereocenters. The van der Waals surface area contributed by atoms with Crippen LogP contribution in [0.5, 0.6) is 0 Å². The van der Waals surface area contributed by atoms with Crippen LogP contribution < -0.4 is 0 Å². The molecule has 3 heterocycles. The molecule has 0 aromatic heterocycles. The highest BCUT2D eigenvalue weighted by molar-refractivity contribution is 6.05. The van der Waals surface area contributed by atoms with Gasteiger partial charge in [-0.3, -0.25) is 4.79 Å². The molecule has 2 aromatic rings. The fraction of sp³-hybridized carbons (Fsp3) is 0.444. The van der Waals surface area contributed by atoms with Gasteiger partial charge in [0.05, 0.1) is 12.2 Å². The molecule has 3 N–H and O–H groups in total. The fourth-order valence-corrected chi connectivity index (χ4v) is 9.20. The van der Waals surface area contributed by atoms with Crippen molar-refractivity contribution in [2.45, 2.75) is 73.6 Å². The normalized spacial score (nSPS) is 46.3. The van der Waals surface area contributed by atoms with E-state index in [1.807, 2.05) is 43.3 Å². The first-order chi connectivity index (χ1) is 21.9. The van der Waals surface area contributed by atoms with E-state index < -0.39 is 88.9 Å². The number of epoxide rings is 1. The van der Waals surface area contributed by atoms with Gasteiger partial charge in [-0.15, -0.1) is 0 Å². The Bertz CT molecular complexity index is 1710. The average molecular weight is 629 g/mol. The molecule has 2 saturated carbocycles. The molecular formula is C36H36O10. The van der Waals surface area contributed by atoms with Crippen molar-refractivity contribution in [3.05, 3.63) is 102 Å². The van der Waals surface area contributed by atoms with Crippen molar-refractivity contribution in [1.29, 1.82) is 0 Å². The third-order valence-corrected chi connectivity index (χ3v) is 11.3. The van der Waals surface area contributed by atoms with E-state index in [-0.39, 0.29) is 5.57 Å². The second-order valence-corrected chi connectivity index (χ2v) is 13.5. The number of fused-ring (bicyclic) bond motifs is 3. The van der Waals surface area contributed by atoms with E-state index in [0.717, 1.165) is 5.56 Å². The third kappa shape index (κ3) is 3.40. The van der Waals surface area contributed by atoms with E-state index in [1.165, 1.54) is 6.08 Å². The summed E-state index contributed by atoms with van der Waals surface area (Å²) in [5.41, 5.74) is -5.12. The van der Waals surface area contributed by atoms with Gasteiger partial charge in [-0.25, -0.2) is 4.79 Å². The number of ketones is 1. The summed E-state index contributed by atoms with van der Waals surface area (Å²) in [6.45, 7) is 8.80. The van der Waals surface area contributed by atoms with Crippen molar-refractivity contribution >= 4 is 17.8 Å². The number of hydrogen-bond donors (Lipinski definition) is 3. The molecule has 3 aliphatic carbocycles. The minimum absolute atomic E-state index is 0.229. The Morgan fingerprint density at radius 3 is 2.37 bits per heavy atom. The van der Waals surface area contributed by atoms with E-state index >= 15 is 0 Å². The minimum atomic E-state index is -2.43. The lowest BCUT2D eigenvalue weighted by Gasteiger charge is -2.61. The molecule has 10 heteroatoms. The van der Waals surface area contributed by atoms with Gasteiger partial charge in [0.25, 0.3) is 0 Å². The molecule has 6 aliphatic rings. The number of benzene rings is 2. The molecule has 0 amide bonds. The lowest BCUT2D eigenvalue weighted by molar-refractivity contribution is -0.440. The summed E-state index contributed by atoms with van der Waals surface area (Å²) in [7, 11) is 0. The van der Waals surface area contributed by atoms with Crippen LogP contribution in [0.2, 0.25) is 0 Å². The first-order valence-corrected chi connectivity index (χ1v) is 15.6. The number of rotatable bonds is 6. The highest BCUT2D eigenvalue weighted by atomic mass is 16.9. The maximum Gasteiger partial charge on any atom is 0.331 e. The van der Waals surface area contributed by atoms with Crippen molar-refractivity contribution in [2.24, 2.45) is 17.8 Å². The van der Waals surface area contributed by atoms with Gasteiger partial charge in [-0.2, -0.15) is 0 Å². The molecule has 0 radical (unpaired) electrons. The van der Waals surface area contributed by atoms with Crippen LogP contribution in [-0.4, -0.2) is 80.5 Å². The second-order valence-electron chi connectivity index (χ2n) is 13.5. The van der Waals surface area contributed by atoms with E-state index in [2.05, 4.69) is 6.58 Å². The van der Waals surface area contributed by atoms with Gasteiger partial charge in [0.1, 0.15) is 30.0 Å². The van der Waals surface area contributed by atoms with Crippen molar-refractivity contribution in [3.63, 3.8) is 0 Å². The van der Waals surface area contributed by atoms with Crippen LogP contribution >= 0.6 is 0 Å². The lowest BCUT2D eigenvalue weighted by Crippen LogP contribution is -2.76. The molecular weight excluding hydrogens is 592 g/mol. The topological polar surface area (TPSA) is 144 Å². The molecule has 240 valence electrons. The Balaban J connectivity index is 1.35. The van der Waals surface area contributed by atoms with E-state index in [1.54, 1.807) is 50.3 Å². The van der Waals surface area contributed by atoms with Crippen molar-refractivity contribution in [1.82, 2.24) is 0 Å². The van der Waals surface area contributed by atoms with Crippen LogP contribution in [0.1, 0.15) is 31.9 Å². The van der Waals surface area contributed by atoms with Crippen LogP contribution in [0.15, 0.2) is 90.5 Å². The maximum absolute atomic E-state index is 13.8. The monoisotopic (exact) mass is 628 g/mol. The summed E-state index contributed by atoms with van der Waals surface area (Å²) in [5.74, 6) is -5.94. The predicted octanol–water partition coefficient (Wildman–Crippen LogP) is 2.57. The summed E-state index contributed by atoms with van der Waals surface area (Å²) < 4.78 is 33.3. The quantitative estimate of drug-likeness (QED) is 0.189. The summed E-state index contributed by atoms with van der Waals surface area (Å²) in [4.78, 5) is 27.4. The van der Waals surface area contributed by atoms with Crippen LogP contribution in [0.4, 0.5) is 0 Å². The molecule has 46 heavy (non-hydrogen) atoms. The smallest absolute Gasteiger partial charge is 0.331 e. The van der Waals surface area contributed by atoms with E-state index in [4.69, 9.17) is 23.7 Å². The van der Waals surface area contributed by atoms with Crippen LogP contribution in [0, 0.1) is 17.8 Å². The number of ether oxygens (including phenoxy) is 5. The van der Waals surface area contributed by atoms with Gasteiger partial charge in [-0.05, 0) is 36.6 Å². The van der Waals surface area contributed by atoms with Crippen molar-refractivity contribution in [3.8, 4) is 0 Å². The van der Waals surface area contributed by atoms with Crippen LogP contribution in [-0.2, 0) is 39.2 Å². The molecule has 5 fully saturated rings. The van der Waals surface area contributed by atoms with E-state index in [0.29, 0.717) is 11.1 Å². The largest absolute Gasteiger partial charge is 0.455 e. The Labute approximate surface area is 265 Å². The maximum atomic E-state index is 13.8. The van der Waals surface area contributed by atoms with Crippen molar-refractivity contribution in [2.75, 3.05) is 6.61 Å². The highest BCUT2D eigenvalue weighted by Gasteiger charge is 2.90. The van der Waals surface area contributed by atoms with Gasteiger partial charge >= 0.3 is 11.9 Å². The van der Waals surface area contributed by atoms with Crippen LogP contribution in [0.25, 0.3) is 6.08 Å². The molecule has 2 unspecified atom stereocenters. The Morgan fingerprint density at radius 2 is 1.72 bits per heavy atom. The third-order valence-electron chi connectivity index (χ3n) is 11.3. The number of aliphatic hydroxyl groups excluding tert-OH is 2. The van der Waals surface area contributed by atoms with Gasteiger partial charge in [0, 0.05) is 29.4 Å². The van der Waals surface area contributed by atoms with Gasteiger partial charge < -0.3 is 39.0 Å². The SMILES string of the molecule is C=C(C)[C@@]12OC3(c4ccccc4)O[C@@H]1[C@@H]1[C@@H]4O[C@]4(CO)C(O)[C@]4(O)C(=O)C(C)=C[C@H]4[C@@]1(O3)[C@H](C)[C@H]2OC(=O)/C=C/c1ccccc1. The fourth-order valence-electron chi connectivity index (χ4n) is 9.20. The number of esters is 1. The van der Waals surface area contributed by atoms with Crippen molar-refractivity contribution < 1.29 is 48.6 Å². The molecule has 8 rings (SSSR count). The zero-order chi connectivity index (χ0) is 32.4. The standard InChI is InChI=1S/C36H36O10/c1-19(2)34-28(42-25(38)16-15-22-11-7-5-8-12-22)21(4)35-24-17-20(3)27(39)33(24,41)31(40)32(18-37)29(43-32)26(35)30(34)44-36(45-34,46-35)23-13-9-6-10-14-23/h5-17,21,24,26,28-31,37,40-41H,1,18H2,2-4H3/b16-15+/t21-,24-,26+,28-,29+,30-,31?,32+,33-,34+,35+,36?/m1/s1. The first-order valence-electron chi connectivity index (χ1n) is 15.6. The molecule has 10 nitrogen and oxygen atoms in total. The minimum Gasteiger partial charge on any atom is -0.455 e. The lowest BCUT2D eigenvalue weighted by atomic mass is 9.53. The second kappa shape index (κ2) is 9.54. The predicted molar refractivity (Wildman–Crippen MR) is 161 cm³/mol. The number of Topliss-reactive ketones (excluding diaryl/α,β-unsaturated/α-hetero) is 1. The Hall–Kier alpha value is -3.48. The summed E-state index contributed by atoms with van der Waals surface area (Å²) >= 11 is 0. The van der Waals surface area contributed by atoms with Gasteiger partial charge in [-0.1, -0.05) is 80.2 Å². The highest BCUT2D eigenvalue weighted by Crippen LogP contribution is 2.74. The van der Waals surface area contributed by atoms with Gasteiger partial charge in [0.2, 0.25) is 0 Å². The van der Waals surface area contributed by atoms with Crippen LogP contribution in [0.3, 0.4) is 0 Å². The molecule has 3 saturated heterocycles. The van der Waals surface area contributed by atoms with E-state index in [9.17, 15) is 24.9 Å². The number of carbonyl (C=O) groups excluding carboxylic acids is 2. The van der Waals surface area contributed by atoms with Gasteiger partial charge in [0.15, 0.2) is 17.0 Å². The molecule has 2 aromatic carbocycles. The number of aliphatic hydroxyl groups is 3. The average Bonchev–Trinajstić information content (AvgIpc) is 3.68. The zero-order valence-corrected chi connectivity index (χ0v) is 25.7. The molecule has 0 spiro atoms.